The van der Waals surface area contributed by atoms with Crippen LogP contribution in [0.25, 0.3) is 11.3 Å². The van der Waals surface area contributed by atoms with Crippen LogP contribution in [0, 0.1) is 24.0 Å². The van der Waals surface area contributed by atoms with Crippen molar-refractivity contribution in [3.8, 4) is 17.0 Å². The van der Waals surface area contributed by atoms with Gasteiger partial charge in [-0.3, -0.25) is 10.1 Å². The van der Waals surface area contributed by atoms with E-state index in [1.165, 1.54) is 6.07 Å². The number of hydrogen-bond acceptors (Lipinski definition) is 5. The molecule has 2 aromatic carbocycles. The van der Waals surface area contributed by atoms with Gasteiger partial charge in [0.15, 0.2) is 5.75 Å². The van der Waals surface area contributed by atoms with Gasteiger partial charge in [0.1, 0.15) is 12.7 Å². The van der Waals surface area contributed by atoms with E-state index < -0.39 is 11.0 Å². The first-order valence-corrected chi connectivity index (χ1v) is 8.59. The smallest absolute Gasteiger partial charge is 0.313 e. The molecule has 7 heteroatoms. The fraction of sp³-hybridized carbons (Fsp3) is 0.250. The quantitative estimate of drug-likeness (QED) is 0.510. The summed E-state index contributed by atoms with van der Waals surface area (Å²) in [6, 6.07) is 14.7. The van der Waals surface area contributed by atoms with Crippen LogP contribution < -0.4 is 4.74 Å². The van der Waals surface area contributed by atoms with Crippen LogP contribution in [0.4, 0.5) is 5.69 Å². The number of benzene rings is 2. The van der Waals surface area contributed by atoms with Gasteiger partial charge in [0, 0.05) is 16.8 Å². The summed E-state index contributed by atoms with van der Waals surface area (Å²) in [5.41, 5.74) is 3.24. The molecule has 1 heterocycles. The third-order valence-corrected chi connectivity index (χ3v) is 4.37. The highest BCUT2D eigenvalue weighted by Gasteiger charge is 2.19. The summed E-state index contributed by atoms with van der Waals surface area (Å²) in [5.74, 6) is 0.159. The molecule has 0 aliphatic rings. The molecule has 0 amide bonds. The highest BCUT2D eigenvalue weighted by Crippen LogP contribution is 2.30. The third kappa shape index (κ3) is 4.15. The maximum atomic E-state index is 11.2. The fourth-order valence-electron chi connectivity index (χ4n) is 2.96. The van der Waals surface area contributed by atoms with Crippen LogP contribution in [0.2, 0.25) is 0 Å². The van der Waals surface area contributed by atoms with Crippen molar-refractivity contribution in [2.75, 3.05) is 6.61 Å². The molecular weight excluding hydrogens is 346 g/mol. The van der Waals surface area contributed by atoms with E-state index in [0.717, 1.165) is 17.0 Å². The predicted octanol–water partition coefficient (Wildman–Crippen LogP) is 3.52. The molecule has 1 aromatic heterocycles. The summed E-state index contributed by atoms with van der Waals surface area (Å²) in [6.45, 7) is 3.82. The van der Waals surface area contributed by atoms with E-state index in [0.29, 0.717) is 5.56 Å². The third-order valence-electron chi connectivity index (χ3n) is 4.37. The largest absolute Gasteiger partial charge is 0.484 e. The number of hydrogen-bond donors (Lipinski definition) is 1. The van der Waals surface area contributed by atoms with Crippen molar-refractivity contribution >= 4 is 5.69 Å². The SMILES string of the molecule is Cc1cccc(OCC(O)Cn2cnc(-c3ccccc3)c2C)c1[N+](=O)[O-]. The van der Waals surface area contributed by atoms with Crippen LogP contribution in [0.1, 0.15) is 11.3 Å². The molecule has 0 radical (unpaired) electrons. The molecule has 0 aliphatic carbocycles. The Hall–Kier alpha value is -3.19. The van der Waals surface area contributed by atoms with Crippen molar-refractivity contribution in [3.05, 3.63) is 76.2 Å². The first-order chi connectivity index (χ1) is 13.0. The topological polar surface area (TPSA) is 90.4 Å². The number of aromatic nitrogens is 2. The Morgan fingerprint density at radius 1 is 1.19 bits per heavy atom. The Labute approximate surface area is 157 Å². The molecule has 0 spiro atoms. The molecule has 3 rings (SSSR count). The lowest BCUT2D eigenvalue weighted by Crippen LogP contribution is -2.24. The van der Waals surface area contributed by atoms with Gasteiger partial charge in [0.25, 0.3) is 0 Å². The number of para-hydroxylation sites is 1. The van der Waals surface area contributed by atoms with Gasteiger partial charge in [-0.25, -0.2) is 4.98 Å². The number of rotatable bonds is 7. The highest BCUT2D eigenvalue weighted by atomic mass is 16.6. The Bertz CT molecular complexity index is 938. The second-order valence-corrected chi connectivity index (χ2v) is 6.34. The van der Waals surface area contributed by atoms with Gasteiger partial charge in [0.2, 0.25) is 0 Å². The maximum Gasteiger partial charge on any atom is 0.313 e. The number of aliphatic hydroxyl groups excluding tert-OH is 1. The number of nitrogens with zero attached hydrogens (tertiary/aromatic N) is 3. The van der Waals surface area contributed by atoms with E-state index in [9.17, 15) is 15.2 Å². The number of nitro groups is 1. The van der Waals surface area contributed by atoms with Crippen LogP contribution in [0.3, 0.4) is 0 Å². The molecule has 140 valence electrons. The van der Waals surface area contributed by atoms with Gasteiger partial charge >= 0.3 is 5.69 Å². The molecule has 0 fully saturated rings. The minimum atomic E-state index is -0.832. The van der Waals surface area contributed by atoms with E-state index in [-0.39, 0.29) is 24.6 Å². The van der Waals surface area contributed by atoms with Crippen LogP contribution in [-0.4, -0.2) is 32.3 Å². The molecule has 1 unspecified atom stereocenters. The van der Waals surface area contributed by atoms with E-state index >= 15 is 0 Å². The average molecular weight is 367 g/mol. The number of aliphatic hydroxyl groups is 1. The lowest BCUT2D eigenvalue weighted by atomic mass is 10.1. The monoisotopic (exact) mass is 367 g/mol. The molecule has 1 atom stereocenters. The van der Waals surface area contributed by atoms with Crippen molar-refractivity contribution < 1.29 is 14.8 Å². The summed E-state index contributed by atoms with van der Waals surface area (Å²) in [5, 5.41) is 21.5. The van der Waals surface area contributed by atoms with Gasteiger partial charge < -0.3 is 14.4 Å². The zero-order valence-electron chi connectivity index (χ0n) is 15.2. The summed E-state index contributed by atoms with van der Waals surface area (Å²) < 4.78 is 7.37. The van der Waals surface area contributed by atoms with Gasteiger partial charge in [-0.1, -0.05) is 42.5 Å². The second kappa shape index (κ2) is 8.01. The Morgan fingerprint density at radius 3 is 2.63 bits per heavy atom. The van der Waals surface area contributed by atoms with Crippen molar-refractivity contribution in [2.24, 2.45) is 0 Å². The Kier molecular flexibility index (Phi) is 5.52. The molecule has 3 aromatic rings. The van der Waals surface area contributed by atoms with Gasteiger partial charge in [-0.05, 0) is 19.9 Å². The minimum absolute atomic E-state index is 0.0530. The lowest BCUT2D eigenvalue weighted by molar-refractivity contribution is -0.386. The van der Waals surface area contributed by atoms with Gasteiger partial charge in [-0.2, -0.15) is 0 Å². The van der Waals surface area contributed by atoms with Crippen LogP contribution in [-0.2, 0) is 6.54 Å². The molecule has 0 bridgehead atoms. The van der Waals surface area contributed by atoms with Crippen molar-refractivity contribution in [1.29, 1.82) is 0 Å². The Morgan fingerprint density at radius 2 is 1.93 bits per heavy atom. The zero-order chi connectivity index (χ0) is 19.4. The van der Waals surface area contributed by atoms with Gasteiger partial charge in [0.05, 0.1) is 23.5 Å². The number of nitro benzene ring substituents is 1. The molecule has 0 saturated carbocycles. The standard InChI is InChI=1S/C20H21N3O4/c1-14-7-6-10-18(20(14)23(25)26)27-12-17(24)11-22-13-21-19(15(22)2)16-8-4-3-5-9-16/h3-10,13,17,24H,11-12H2,1-2H3. The van der Waals surface area contributed by atoms with Crippen molar-refractivity contribution in [2.45, 2.75) is 26.5 Å². The summed E-state index contributed by atoms with van der Waals surface area (Å²) in [7, 11) is 0. The van der Waals surface area contributed by atoms with Crippen LogP contribution in [0.5, 0.6) is 5.75 Å². The van der Waals surface area contributed by atoms with E-state index in [4.69, 9.17) is 4.74 Å². The molecular formula is C20H21N3O4. The second-order valence-electron chi connectivity index (χ2n) is 6.34. The highest BCUT2D eigenvalue weighted by molar-refractivity contribution is 5.61. The Balaban J connectivity index is 1.68. The number of imidazole rings is 1. The van der Waals surface area contributed by atoms with Crippen LogP contribution in [0.15, 0.2) is 54.9 Å². The molecule has 1 N–H and O–H groups in total. The zero-order valence-corrected chi connectivity index (χ0v) is 15.2. The van der Waals surface area contributed by atoms with E-state index in [1.54, 1.807) is 25.4 Å². The first-order valence-electron chi connectivity index (χ1n) is 8.59. The van der Waals surface area contributed by atoms with Crippen molar-refractivity contribution in [1.82, 2.24) is 9.55 Å². The number of aryl methyl sites for hydroxylation is 1. The first kappa shape index (κ1) is 18.6. The summed E-state index contributed by atoms with van der Waals surface area (Å²) >= 11 is 0. The van der Waals surface area contributed by atoms with E-state index in [1.807, 2.05) is 41.8 Å². The lowest BCUT2D eigenvalue weighted by Gasteiger charge is -2.14. The normalized spacial score (nSPS) is 12.0. The molecule has 27 heavy (non-hydrogen) atoms. The maximum absolute atomic E-state index is 11.2. The predicted molar refractivity (Wildman–Crippen MR) is 102 cm³/mol. The van der Waals surface area contributed by atoms with Crippen molar-refractivity contribution in [3.63, 3.8) is 0 Å². The molecule has 0 aliphatic heterocycles. The molecule has 7 nitrogen and oxygen atoms in total. The summed E-state index contributed by atoms with van der Waals surface area (Å²) in [6.07, 6.45) is 0.845. The molecule has 0 saturated heterocycles. The fourth-order valence-corrected chi connectivity index (χ4v) is 2.96. The van der Waals surface area contributed by atoms with E-state index in [2.05, 4.69) is 4.98 Å². The van der Waals surface area contributed by atoms with Crippen LogP contribution >= 0.6 is 0 Å². The summed E-state index contributed by atoms with van der Waals surface area (Å²) in [4.78, 5) is 15.2. The minimum Gasteiger partial charge on any atom is -0.484 e. The van der Waals surface area contributed by atoms with Gasteiger partial charge in [-0.15, -0.1) is 0 Å². The number of ether oxygens (including phenoxy) is 1. The average Bonchev–Trinajstić information content (AvgIpc) is 3.01.